The highest BCUT2D eigenvalue weighted by Crippen LogP contribution is 2.28. The number of carbonyl (C=O) groups excluding carboxylic acids is 1. The van der Waals surface area contributed by atoms with Crippen molar-refractivity contribution in [3.05, 3.63) is 34.9 Å². The van der Waals surface area contributed by atoms with E-state index in [4.69, 9.17) is 11.6 Å². The fourth-order valence-electron chi connectivity index (χ4n) is 1.46. The molecule has 1 N–H and O–H groups in total. The third-order valence-electron chi connectivity index (χ3n) is 2.36. The first kappa shape index (κ1) is 16.6. The van der Waals surface area contributed by atoms with Crippen molar-refractivity contribution in [3.8, 4) is 0 Å². The summed E-state index contributed by atoms with van der Waals surface area (Å²) in [6.45, 7) is 2.55. The fourth-order valence-corrected chi connectivity index (χ4v) is 4.42. The molecule has 0 spiro atoms. The van der Waals surface area contributed by atoms with Gasteiger partial charge in [-0.3, -0.25) is 4.79 Å². The Morgan fingerprint density at radius 3 is 2.81 bits per heavy atom. The minimum Gasteiger partial charge on any atom is -0.351 e. The van der Waals surface area contributed by atoms with Gasteiger partial charge in [-0.05, 0) is 23.4 Å². The summed E-state index contributed by atoms with van der Waals surface area (Å²) >= 11 is 10.5. The van der Waals surface area contributed by atoms with Crippen LogP contribution in [0.5, 0.6) is 0 Å². The SMILES string of the molecule is CCSc1nnc(SCC(=O)NCc2cccc(Cl)c2)s1. The molecule has 112 valence electrons. The molecular weight excluding hydrogens is 346 g/mol. The number of hydrogen-bond donors (Lipinski definition) is 1. The van der Waals surface area contributed by atoms with Gasteiger partial charge >= 0.3 is 0 Å². The molecular formula is C13H14ClN3OS3. The molecule has 0 fully saturated rings. The molecule has 0 saturated heterocycles. The van der Waals surface area contributed by atoms with Crippen LogP contribution in [0.25, 0.3) is 0 Å². The van der Waals surface area contributed by atoms with Crippen molar-refractivity contribution >= 4 is 52.4 Å². The molecule has 0 aliphatic carbocycles. The number of thioether (sulfide) groups is 2. The van der Waals surface area contributed by atoms with Crippen LogP contribution < -0.4 is 5.32 Å². The summed E-state index contributed by atoms with van der Waals surface area (Å²) in [7, 11) is 0. The summed E-state index contributed by atoms with van der Waals surface area (Å²) in [5, 5.41) is 11.6. The average molecular weight is 360 g/mol. The zero-order valence-electron chi connectivity index (χ0n) is 11.3. The van der Waals surface area contributed by atoms with E-state index in [-0.39, 0.29) is 5.91 Å². The molecule has 1 aromatic heterocycles. The first-order chi connectivity index (χ1) is 10.2. The van der Waals surface area contributed by atoms with Crippen LogP contribution in [0.2, 0.25) is 5.02 Å². The lowest BCUT2D eigenvalue weighted by Gasteiger charge is -2.04. The van der Waals surface area contributed by atoms with Crippen molar-refractivity contribution < 1.29 is 4.79 Å². The van der Waals surface area contributed by atoms with Crippen molar-refractivity contribution in [2.75, 3.05) is 11.5 Å². The van der Waals surface area contributed by atoms with Gasteiger partial charge in [-0.15, -0.1) is 10.2 Å². The number of hydrogen-bond acceptors (Lipinski definition) is 6. The van der Waals surface area contributed by atoms with Crippen LogP contribution in [0, 0.1) is 0 Å². The lowest BCUT2D eigenvalue weighted by Crippen LogP contribution is -2.24. The Kier molecular flexibility index (Phi) is 6.82. The van der Waals surface area contributed by atoms with Gasteiger partial charge < -0.3 is 5.32 Å². The van der Waals surface area contributed by atoms with E-state index in [1.807, 2.05) is 24.3 Å². The molecule has 0 radical (unpaired) electrons. The first-order valence-corrected chi connectivity index (χ1v) is 9.44. The van der Waals surface area contributed by atoms with Gasteiger partial charge in [0.15, 0.2) is 8.68 Å². The maximum Gasteiger partial charge on any atom is 0.230 e. The van der Waals surface area contributed by atoms with Crippen molar-refractivity contribution in [2.24, 2.45) is 0 Å². The van der Waals surface area contributed by atoms with Gasteiger partial charge in [0.05, 0.1) is 5.75 Å². The summed E-state index contributed by atoms with van der Waals surface area (Å²) in [5.74, 6) is 1.28. The summed E-state index contributed by atoms with van der Waals surface area (Å²) in [5.41, 5.74) is 0.985. The highest BCUT2D eigenvalue weighted by atomic mass is 35.5. The predicted molar refractivity (Wildman–Crippen MR) is 90.3 cm³/mol. The van der Waals surface area contributed by atoms with Gasteiger partial charge in [0.2, 0.25) is 5.91 Å². The number of carbonyl (C=O) groups is 1. The number of aromatic nitrogens is 2. The van der Waals surface area contributed by atoms with E-state index in [0.29, 0.717) is 17.3 Å². The van der Waals surface area contributed by atoms with E-state index in [9.17, 15) is 4.79 Å². The number of halogens is 1. The molecule has 0 aliphatic rings. The molecule has 0 bridgehead atoms. The van der Waals surface area contributed by atoms with E-state index >= 15 is 0 Å². The lowest BCUT2D eigenvalue weighted by molar-refractivity contribution is -0.118. The molecule has 0 atom stereocenters. The third-order valence-corrected chi connectivity index (χ3v) is 5.67. The van der Waals surface area contributed by atoms with Crippen LogP contribution in [-0.2, 0) is 11.3 Å². The van der Waals surface area contributed by atoms with Crippen LogP contribution >= 0.6 is 46.5 Å². The molecule has 0 unspecified atom stereocenters. The largest absolute Gasteiger partial charge is 0.351 e. The molecule has 8 heteroatoms. The monoisotopic (exact) mass is 359 g/mol. The minimum absolute atomic E-state index is 0.0279. The van der Waals surface area contributed by atoms with E-state index < -0.39 is 0 Å². The molecule has 1 heterocycles. The predicted octanol–water partition coefficient (Wildman–Crippen LogP) is 3.71. The summed E-state index contributed by atoms with van der Waals surface area (Å²) < 4.78 is 1.77. The second-order valence-corrected chi connectivity index (χ2v) is 8.11. The number of rotatable bonds is 7. The quantitative estimate of drug-likeness (QED) is 0.763. The molecule has 4 nitrogen and oxygen atoms in total. The van der Waals surface area contributed by atoms with Crippen molar-refractivity contribution in [1.29, 1.82) is 0 Å². The van der Waals surface area contributed by atoms with E-state index in [2.05, 4.69) is 22.4 Å². The van der Waals surface area contributed by atoms with Crippen LogP contribution in [0.4, 0.5) is 0 Å². The number of nitrogens with one attached hydrogen (secondary N) is 1. The van der Waals surface area contributed by atoms with Gasteiger partial charge in [0.1, 0.15) is 0 Å². The normalized spacial score (nSPS) is 10.6. The Morgan fingerprint density at radius 1 is 1.33 bits per heavy atom. The standard InChI is InChI=1S/C13H14ClN3OS3/c1-2-19-12-16-17-13(21-12)20-8-11(18)15-7-9-4-3-5-10(14)6-9/h3-6H,2,7-8H2,1H3,(H,15,18). The molecule has 2 rings (SSSR count). The fraction of sp³-hybridized carbons (Fsp3) is 0.308. The van der Waals surface area contributed by atoms with Crippen LogP contribution in [-0.4, -0.2) is 27.6 Å². The van der Waals surface area contributed by atoms with Gasteiger partial charge in [0.25, 0.3) is 0 Å². The average Bonchev–Trinajstić information content (AvgIpc) is 2.91. The van der Waals surface area contributed by atoms with Crippen molar-refractivity contribution in [2.45, 2.75) is 22.1 Å². The van der Waals surface area contributed by atoms with E-state index in [0.717, 1.165) is 20.0 Å². The second-order valence-electron chi connectivity index (χ2n) is 3.96. The van der Waals surface area contributed by atoms with Gasteiger partial charge in [-0.25, -0.2) is 0 Å². The molecule has 21 heavy (non-hydrogen) atoms. The summed E-state index contributed by atoms with van der Waals surface area (Å²) in [6, 6.07) is 7.45. The van der Waals surface area contributed by atoms with Crippen molar-refractivity contribution in [1.82, 2.24) is 15.5 Å². The highest BCUT2D eigenvalue weighted by molar-refractivity contribution is 8.03. The van der Waals surface area contributed by atoms with Gasteiger partial charge in [-0.1, -0.05) is 65.5 Å². The smallest absolute Gasteiger partial charge is 0.230 e. The van der Waals surface area contributed by atoms with E-state index in [1.54, 1.807) is 11.8 Å². The lowest BCUT2D eigenvalue weighted by atomic mass is 10.2. The molecule has 0 saturated carbocycles. The Labute approximate surface area is 141 Å². The van der Waals surface area contributed by atoms with Gasteiger partial charge in [-0.2, -0.15) is 0 Å². The highest BCUT2D eigenvalue weighted by Gasteiger charge is 2.08. The number of amides is 1. The zero-order chi connectivity index (χ0) is 15.1. The maximum absolute atomic E-state index is 11.8. The van der Waals surface area contributed by atoms with Gasteiger partial charge in [0, 0.05) is 11.6 Å². The topological polar surface area (TPSA) is 54.9 Å². The molecule has 1 aromatic carbocycles. The molecule has 0 aliphatic heterocycles. The minimum atomic E-state index is -0.0279. The number of nitrogens with zero attached hydrogens (tertiary/aromatic N) is 2. The first-order valence-electron chi connectivity index (χ1n) is 6.27. The van der Waals surface area contributed by atoms with Crippen molar-refractivity contribution in [3.63, 3.8) is 0 Å². The zero-order valence-corrected chi connectivity index (χ0v) is 14.5. The third kappa shape index (κ3) is 5.86. The molecule has 2 aromatic rings. The second kappa shape index (κ2) is 8.63. The van der Waals surface area contributed by atoms with Crippen LogP contribution in [0.3, 0.4) is 0 Å². The summed E-state index contributed by atoms with van der Waals surface area (Å²) in [4.78, 5) is 11.8. The summed E-state index contributed by atoms with van der Waals surface area (Å²) in [6.07, 6.45) is 0. The Bertz CT molecular complexity index is 606. The van der Waals surface area contributed by atoms with E-state index in [1.165, 1.54) is 23.1 Å². The maximum atomic E-state index is 11.8. The Balaban J connectivity index is 1.74. The number of benzene rings is 1. The Morgan fingerprint density at radius 2 is 2.10 bits per heavy atom. The van der Waals surface area contributed by atoms with Crippen LogP contribution in [0.1, 0.15) is 12.5 Å². The molecule has 1 amide bonds. The Hall–Kier alpha value is -0.760. The van der Waals surface area contributed by atoms with Crippen LogP contribution in [0.15, 0.2) is 32.9 Å².